The highest BCUT2D eigenvalue weighted by Crippen LogP contribution is 2.18. The summed E-state index contributed by atoms with van der Waals surface area (Å²) in [5, 5.41) is 2.93. The monoisotopic (exact) mass is 245 g/mol. The summed E-state index contributed by atoms with van der Waals surface area (Å²) in [5.41, 5.74) is 0.395. The summed E-state index contributed by atoms with van der Waals surface area (Å²) in [6.45, 7) is 1.24. The molecule has 5 heteroatoms. The molecule has 0 spiro atoms. The lowest BCUT2D eigenvalue weighted by molar-refractivity contribution is 0.0591. The number of methoxy groups -OCH3 is 1. The van der Waals surface area contributed by atoms with E-state index in [1.54, 1.807) is 14.2 Å². The summed E-state index contributed by atoms with van der Waals surface area (Å²) in [6.07, 6.45) is 0. The average Bonchev–Trinajstić information content (AvgIpc) is 2.31. The molecule has 1 rings (SSSR count). The van der Waals surface area contributed by atoms with Crippen molar-refractivity contribution in [1.29, 1.82) is 0 Å². The van der Waals surface area contributed by atoms with Crippen molar-refractivity contribution >= 4 is 0 Å². The first-order valence-electron chi connectivity index (χ1n) is 5.38. The maximum absolute atomic E-state index is 13.5. The molecule has 17 heavy (non-hydrogen) atoms. The number of hydrogen-bond donors (Lipinski definition) is 1. The van der Waals surface area contributed by atoms with Gasteiger partial charge in [-0.2, -0.15) is 0 Å². The van der Waals surface area contributed by atoms with Gasteiger partial charge >= 0.3 is 0 Å². The molecule has 0 aliphatic rings. The van der Waals surface area contributed by atoms with Crippen molar-refractivity contribution < 1.29 is 18.3 Å². The van der Waals surface area contributed by atoms with Gasteiger partial charge in [-0.15, -0.1) is 0 Å². The normalized spacial score (nSPS) is 12.7. The molecule has 0 amide bonds. The lowest BCUT2D eigenvalue weighted by Gasteiger charge is -2.17. The number of hydrogen-bond acceptors (Lipinski definition) is 3. The lowest BCUT2D eigenvalue weighted by Crippen LogP contribution is -2.23. The fraction of sp³-hybridized carbons (Fsp3) is 0.500. The Morgan fingerprint density at radius 3 is 2.65 bits per heavy atom. The van der Waals surface area contributed by atoms with E-state index in [4.69, 9.17) is 9.47 Å². The average molecular weight is 245 g/mol. The van der Waals surface area contributed by atoms with Crippen molar-refractivity contribution in [1.82, 2.24) is 5.32 Å². The van der Waals surface area contributed by atoms with Crippen LogP contribution in [0, 0.1) is 11.6 Å². The van der Waals surface area contributed by atoms with Gasteiger partial charge in [0.05, 0.1) is 25.9 Å². The molecule has 0 aliphatic heterocycles. The van der Waals surface area contributed by atoms with Gasteiger partial charge in [-0.05, 0) is 13.1 Å². The molecule has 0 aromatic heterocycles. The number of benzene rings is 1. The Hall–Kier alpha value is -1.04. The maximum atomic E-state index is 13.5. The van der Waals surface area contributed by atoms with Crippen molar-refractivity contribution in [3.05, 3.63) is 35.4 Å². The summed E-state index contributed by atoms with van der Waals surface area (Å²) >= 11 is 0. The Balaban J connectivity index is 2.59. The third kappa shape index (κ3) is 4.38. The third-order valence-corrected chi connectivity index (χ3v) is 2.40. The molecule has 0 aliphatic carbocycles. The minimum Gasteiger partial charge on any atom is -0.382 e. The molecule has 1 unspecified atom stereocenters. The van der Waals surface area contributed by atoms with Gasteiger partial charge in [0.1, 0.15) is 11.6 Å². The van der Waals surface area contributed by atoms with E-state index < -0.39 is 11.6 Å². The van der Waals surface area contributed by atoms with Crippen LogP contribution in [0.1, 0.15) is 11.6 Å². The van der Waals surface area contributed by atoms with Gasteiger partial charge < -0.3 is 14.8 Å². The lowest BCUT2D eigenvalue weighted by atomic mass is 10.1. The minimum atomic E-state index is -0.582. The van der Waals surface area contributed by atoms with Gasteiger partial charge in [0.25, 0.3) is 0 Å². The van der Waals surface area contributed by atoms with Crippen molar-refractivity contribution in [2.24, 2.45) is 0 Å². The third-order valence-electron chi connectivity index (χ3n) is 2.40. The summed E-state index contributed by atoms with van der Waals surface area (Å²) in [4.78, 5) is 0. The van der Waals surface area contributed by atoms with Gasteiger partial charge in [-0.1, -0.05) is 6.07 Å². The van der Waals surface area contributed by atoms with Crippen LogP contribution in [0.4, 0.5) is 8.78 Å². The number of rotatable bonds is 7. The number of ether oxygens (including phenoxy) is 2. The van der Waals surface area contributed by atoms with Crippen LogP contribution in [0.15, 0.2) is 18.2 Å². The zero-order valence-electron chi connectivity index (χ0n) is 10.0. The Morgan fingerprint density at radius 2 is 2.06 bits per heavy atom. The predicted molar refractivity (Wildman–Crippen MR) is 60.9 cm³/mol. The first-order valence-corrected chi connectivity index (χ1v) is 5.38. The van der Waals surface area contributed by atoms with Crippen LogP contribution in [0.5, 0.6) is 0 Å². The summed E-state index contributed by atoms with van der Waals surface area (Å²) in [6, 6.07) is 3.23. The van der Waals surface area contributed by atoms with E-state index in [0.29, 0.717) is 25.4 Å². The van der Waals surface area contributed by atoms with Gasteiger partial charge in [-0.3, -0.25) is 0 Å². The number of likely N-dealkylation sites (N-methyl/N-ethyl adjacent to an activating group) is 1. The fourth-order valence-electron chi connectivity index (χ4n) is 1.46. The van der Waals surface area contributed by atoms with Crippen molar-refractivity contribution in [2.75, 3.05) is 34.0 Å². The predicted octanol–water partition coefficient (Wildman–Crippen LogP) is 1.89. The highest BCUT2D eigenvalue weighted by Gasteiger charge is 2.14. The van der Waals surface area contributed by atoms with E-state index in [0.717, 1.165) is 6.07 Å². The molecule has 0 radical (unpaired) electrons. The molecule has 3 nitrogen and oxygen atoms in total. The Bertz CT molecular complexity index is 347. The van der Waals surface area contributed by atoms with Crippen molar-refractivity contribution in [2.45, 2.75) is 6.04 Å². The first kappa shape index (κ1) is 14.0. The first-order chi connectivity index (χ1) is 8.19. The molecule has 0 fully saturated rings. The molecular formula is C12H17F2NO2. The van der Waals surface area contributed by atoms with Crippen LogP contribution in [0.2, 0.25) is 0 Å². The molecule has 0 bridgehead atoms. The van der Waals surface area contributed by atoms with Gasteiger partial charge in [0, 0.05) is 18.7 Å². The molecule has 1 aromatic rings. The molecule has 96 valence electrons. The second-order valence-corrected chi connectivity index (χ2v) is 3.57. The molecule has 0 heterocycles. The van der Waals surface area contributed by atoms with Crippen LogP contribution in [0.25, 0.3) is 0 Å². The quantitative estimate of drug-likeness (QED) is 0.744. The zero-order chi connectivity index (χ0) is 12.7. The van der Waals surface area contributed by atoms with E-state index in [2.05, 4.69) is 5.32 Å². The van der Waals surface area contributed by atoms with E-state index in [1.807, 2.05) is 0 Å². The zero-order valence-corrected chi connectivity index (χ0v) is 10.0. The van der Waals surface area contributed by atoms with E-state index in [-0.39, 0.29) is 6.04 Å². The molecular weight excluding hydrogens is 228 g/mol. The van der Waals surface area contributed by atoms with Crippen molar-refractivity contribution in [3.8, 4) is 0 Å². The van der Waals surface area contributed by atoms with Crippen LogP contribution >= 0.6 is 0 Å². The SMILES string of the molecule is CNC(COCCOC)c1ccc(F)cc1F. The topological polar surface area (TPSA) is 30.5 Å². The van der Waals surface area contributed by atoms with Crippen LogP contribution in [-0.2, 0) is 9.47 Å². The summed E-state index contributed by atoms with van der Waals surface area (Å²) in [7, 11) is 3.28. The molecule has 0 saturated carbocycles. The molecule has 1 N–H and O–H groups in total. The fourth-order valence-corrected chi connectivity index (χ4v) is 1.46. The Labute approximate surface area is 99.7 Å². The molecule has 1 atom stereocenters. The Kier molecular flexibility index (Phi) is 6.04. The largest absolute Gasteiger partial charge is 0.382 e. The molecule has 1 aromatic carbocycles. The second kappa shape index (κ2) is 7.32. The van der Waals surface area contributed by atoms with Gasteiger partial charge in [0.15, 0.2) is 0 Å². The van der Waals surface area contributed by atoms with E-state index >= 15 is 0 Å². The Morgan fingerprint density at radius 1 is 1.29 bits per heavy atom. The smallest absolute Gasteiger partial charge is 0.130 e. The second-order valence-electron chi connectivity index (χ2n) is 3.57. The van der Waals surface area contributed by atoms with Crippen LogP contribution in [0.3, 0.4) is 0 Å². The summed E-state index contributed by atoms with van der Waals surface area (Å²) < 4.78 is 36.4. The van der Waals surface area contributed by atoms with Crippen LogP contribution < -0.4 is 5.32 Å². The highest BCUT2D eigenvalue weighted by molar-refractivity contribution is 5.22. The maximum Gasteiger partial charge on any atom is 0.130 e. The molecule has 0 saturated heterocycles. The van der Waals surface area contributed by atoms with Gasteiger partial charge in [-0.25, -0.2) is 8.78 Å². The minimum absolute atomic E-state index is 0.299. The van der Waals surface area contributed by atoms with E-state index in [9.17, 15) is 8.78 Å². The number of nitrogens with one attached hydrogen (secondary N) is 1. The summed E-state index contributed by atoms with van der Waals surface area (Å²) in [5.74, 6) is -1.15. The van der Waals surface area contributed by atoms with E-state index in [1.165, 1.54) is 12.1 Å². The van der Waals surface area contributed by atoms with Crippen molar-refractivity contribution in [3.63, 3.8) is 0 Å². The van der Waals surface area contributed by atoms with Gasteiger partial charge in [0.2, 0.25) is 0 Å². The van der Waals surface area contributed by atoms with Crippen LogP contribution in [-0.4, -0.2) is 34.0 Å². The standard InChI is InChI=1S/C12H17F2NO2/c1-15-12(8-17-6-5-16-2)10-4-3-9(13)7-11(10)14/h3-4,7,12,15H,5-6,8H2,1-2H3. The highest BCUT2D eigenvalue weighted by atomic mass is 19.1. The number of halogens is 2.